The van der Waals surface area contributed by atoms with Crippen molar-refractivity contribution in [2.75, 3.05) is 13.2 Å². The predicted octanol–water partition coefficient (Wildman–Crippen LogP) is 3.69. The number of para-hydroxylation sites is 1. The summed E-state index contributed by atoms with van der Waals surface area (Å²) in [6.45, 7) is 3.93. The molecule has 3 nitrogen and oxygen atoms in total. The van der Waals surface area contributed by atoms with Gasteiger partial charge in [0, 0.05) is 5.56 Å². The van der Waals surface area contributed by atoms with Crippen LogP contribution in [-0.2, 0) is 6.42 Å². The van der Waals surface area contributed by atoms with Crippen molar-refractivity contribution in [3.8, 4) is 5.75 Å². The molecule has 1 aromatic carbocycles. The SMILES string of the molecule is CCCNC(c1ccco1)c1cccc2c1OCCC2. The topological polar surface area (TPSA) is 34.4 Å². The van der Waals surface area contributed by atoms with E-state index in [4.69, 9.17) is 9.15 Å². The number of fused-ring (bicyclic) bond motifs is 1. The second-order valence-corrected chi connectivity index (χ2v) is 5.19. The van der Waals surface area contributed by atoms with E-state index in [-0.39, 0.29) is 6.04 Å². The van der Waals surface area contributed by atoms with Crippen molar-refractivity contribution >= 4 is 0 Å². The van der Waals surface area contributed by atoms with Crippen LogP contribution in [0.4, 0.5) is 0 Å². The third-order valence-electron chi connectivity index (χ3n) is 3.70. The van der Waals surface area contributed by atoms with Crippen LogP contribution < -0.4 is 10.1 Å². The Morgan fingerprint density at radius 3 is 3.00 bits per heavy atom. The van der Waals surface area contributed by atoms with Crippen molar-refractivity contribution < 1.29 is 9.15 Å². The summed E-state index contributed by atoms with van der Waals surface area (Å²) in [6, 6.07) is 10.4. The predicted molar refractivity (Wildman–Crippen MR) is 79.1 cm³/mol. The standard InChI is InChI=1S/C17H21NO2/c1-2-10-18-16(15-9-5-11-19-15)14-8-3-6-13-7-4-12-20-17(13)14/h3,5-6,8-9,11,16,18H,2,4,7,10,12H2,1H3. The van der Waals surface area contributed by atoms with Gasteiger partial charge in [-0.2, -0.15) is 0 Å². The third kappa shape index (κ3) is 2.59. The molecule has 1 aromatic heterocycles. The molecule has 20 heavy (non-hydrogen) atoms. The lowest BCUT2D eigenvalue weighted by atomic mass is 9.96. The Labute approximate surface area is 119 Å². The van der Waals surface area contributed by atoms with E-state index in [0.717, 1.165) is 43.9 Å². The summed E-state index contributed by atoms with van der Waals surface area (Å²) in [4.78, 5) is 0. The Bertz CT molecular complexity index is 548. The summed E-state index contributed by atoms with van der Waals surface area (Å²) in [5.41, 5.74) is 2.49. The minimum absolute atomic E-state index is 0.0676. The summed E-state index contributed by atoms with van der Waals surface area (Å²) in [5, 5.41) is 3.56. The first kappa shape index (κ1) is 13.3. The van der Waals surface area contributed by atoms with E-state index in [9.17, 15) is 0 Å². The number of benzene rings is 1. The average molecular weight is 271 g/mol. The Morgan fingerprint density at radius 1 is 1.25 bits per heavy atom. The molecule has 0 saturated heterocycles. The highest BCUT2D eigenvalue weighted by Crippen LogP contribution is 2.35. The monoisotopic (exact) mass is 271 g/mol. The van der Waals surface area contributed by atoms with E-state index in [1.807, 2.05) is 12.1 Å². The van der Waals surface area contributed by atoms with Crippen LogP contribution in [0.1, 0.15) is 42.7 Å². The quantitative estimate of drug-likeness (QED) is 0.900. The summed E-state index contributed by atoms with van der Waals surface area (Å²) >= 11 is 0. The van der Waals surface area contributed by atoms with E-state index in [1.54, 1.807) is 6.26 Å². The average Bonchev–Trinajstić information content (AvgIpc) is 3.02. The molecule has 0 aliphatic carbocycles. The van der Waals surface area contributed by atoms with Crippen LogP contribution >= 0.6 is 0 Å². The molecule has 3 heteroatoms. The van der Waals surface area contributed by atoms with Crippen LogP contribution in [0.5, 0.6) is 5.75 Å². The molecule has 0 bridgehead atoms. The highest BCUT2D eigenvalue weighted by Gasteiger charge is 2.23. The number of hydrogen-bond acceptors (Lipinski definition) is 3. The highest BCUT2D eigenvalue weighted by molar-refractivity contribution is 5.46. The molecule has 2 heterocycles. The molecule has 0 radical (unpaired) electrons. The van der Waals surface area contributed by atoms with Gasteiger partial charge in [0.25, 0.3) is 0 Å². The molecule has 1 aliphatic heterocycles. The van der Waals surface area contributed by atoms with Gasteiger partial charge in [0.2, 0.25) is 0 Å². The first-order chi connectivity index (χ1) is 9.90. The Kier molecular flexibility index (Phi) is 4.07. The van der Waals surface area contributed by atoms with Crippen molar-refractivity contribution in [1.29, 1.82) is 0 Å². The van der Waals surface area contributed by atoms with Gasteiger partial charge < -0.3 is 14.5 Å². The second kappa shape index (κ2) is 6.14. The molecular weight excluding hydrogens is 250 g/mol. The first-order valence-electron chi connectivity index (χ1n) is 7.41. The van der Waals surface area contributed by atoms with E-state index in [1.165, 1.54) is 11.1 Å². The molecular formula is C17H21NO2. The first-order valence-corrected chi connectivity index (χ1v) is 7.41. The summed E-state index contributed by atoms with van der Waals surface area (Å²) in [7, 11) is 0. The van der Waals surface area contributed by atoms with Crippen LogP contribution in [0.3, 0.4) is 0 Å². The van der Waals surface area contributed by atoms with E-state index >= 15 is 0 Å². The van der Waals surface area contributed by atoms with E-state index in [2.05, 4.69) is 30.4 Å². The molecule has 0 spiro atoms. The second-order valence-electron chi connectivity index (χ2n) is 5.19. The van der Waals surface area contributed by atoms with Crippen LogP contribution in [-0.4, -0.2) is 13.2 Å². The molecule has 0 amide bonds. The minimum Gasteiger partial charge on any atom is -0.493 e. The maximum atomic E-state index is 5.93. The maximum Gasteiger partial charge on any atom is 0.127 e. The lowest BCUT2D eigenvalue weighted by Crippen LogP contribution is -2.24. The summed E-state index contributed by atoms with van der Waals surface area (Å²) in [6.07, 6.45) is 5.02. The van der Waals surface area contributed by atoms with Gasteiger partial charge >= 0.3 is 0 Å². The Morgan fingerprint density at radius 2 is 2.20 bits per heavy atom. The minimum atomic E-state index is 0.0676. The Hall–Kier alpha value is -1.74. The van der Waals surface area contributed by atoms with Gasteiger partial charge in [-0.3, -0.25) is 0 Å². The van der Waals surface area contributed by atoms with Gasteiger partial charge in [-0.05, 0) is 43.5 Å². The molecule has 1 N–H and O–H groups in total. The number of furan rings is 1. The number of nitrogens with one attached hydrogen (secondary N) is 1. The fourth-order valence-corrected chi connectivity index (χ4v) is 2.75. The van der Waals surface area contributed by atoms with Crippen molar-refractivity contribution in [1.82, 2.24) is 5.32 Å². The lowest BCUT2D eigenvalue weighted by molar-refractivity contribution is 0.281. The van der Waals surface area contributed by atoms with Crippen molar-refractivity contribution in [3.05, 3.63) is 53.5 Å². The maximum absolute atomic E-state index is 5.93. The smallest absolute Gasteiger partial charge is 0.127 e. The van der Waals surface area contributed by atoms with Crippen LogP contribution in [0.2, 0.25) is 0 Å². The number of ether oxygens (including phenoxy) is 1. The summed E-state index contributed by atoms with van der Waals surface area (Å²) in [5.74, 6) is 1.99. The zero-order valence-corrected chi connectivity index (χ0v) is 11.9. The molecule has 1 unspecified atom stereocenters. The molecule has 3 rings (SSSR count). The number of aryl methyl sites for hydroxylation is 1. The highest BCUT2D eigenvalue weighted by atomic mass is 16.5. The fourth-order valence-electron chi connectivity index (χ4n) is 2.75. The van der Waals surface area contributed by atoms with Crippen LogP contribution in [0.15, 0.2) is 41.0 Å². The van der Waals surface area contributed by atoms with E-state index < -0.39 is 0 Å². The summed E-state index contributed by atoms with van der Waals surface area (Å²) < 4.78 is 11.6. The van der Waals surface area contributed by atoms with Crippen LogP contribution in [0.25, 0.3) is 0 Å². The van der Waals surface area contributed by atoms with Crippen molar-refractivity contribution in [3.63, 3.8) is 0 Å². The molecule has 106 valence electrons. The van der Waals surface area contributed by atoms with Gasteiger partial charge in [-0.25, -0.2) is 0 Å². The van der Waals surface area contributed by atoms with Gasteiger partial charge in [0.1, 0.15) is 11.5 Å². The molecule has 1 aliphatic rings. The number of hydrogen-bond donors (Lipinski definition) is 1. The Balaban J connectivity index is 1.98. The van der Waals surface area contributed by atoms with Gasteiger partial charge in [0.15, 0.2) is 0 Å². The van der Waals surface area contributed by atoms with E-state index in [0.29, 0.717) is 0 Å². The zero-order valence-electron chi connectivity index (χ0n) is 11.9. The lowest BCUT2D eigenvalue weighted by Gasteiger charge is -2.25. The zero-order chi connectivity index (χ0) is 13.8. The van der Waals surface area contributed by atoms with Crippen molar-refractivity contribution in [2.45, 2.75) is 32.2 Å². The molecule has 0 fully saturated rings. The van der Waals surface area contributed by atoms with Gasteiger partial charge in [-0.15, -0.1) is 0 Å². The van der Waals surface area contributed by atoms with Crippen molar-refractivity contribution in [2.24, 2.45) is 0 Å². The molecule has 0 saturated carbocycles. The van der Waals surface area contributed by atoms with Gasteiger partial charge in [0.05, 0.1) is 18.9 Å². The largest absolute Gasteiger partial charge is 0.493 e. The fraction of sp³-hybridized carbons (Fsp3) is 0.412. The van der Waals surface area contributed by atoms with Gasteiger partial charge in [-0.1, -0.05) is 25.1 Å². The normalized spacial score (nSPS) is 15.4. The number of rotatable bonds is 5. The third-order valence-corrected chi connectivity index (χ3v) is 3.70. The molecule has 2 aromatic rings. The molecule has 1 atom stereocenters. The van der Waals surface area contributed by atoms with Crippen LogP contribution in [0, 0.1) is 0 Å².